The maximum atomic E-state index is 11.7. The molecule has 2 aliphatic heterocycles. The van der Waals surface area contributed by atoms with Gasteiger partial charge in [-0.1, -0.05) is 12.1 Å². The average Bonchev–Trinajstić information content (AvgIpc) is 3.26. The lowest BCUT2D eigenvalue weighted by atomic mass is 9.79. The maximum Gasteiger partial charge on any atom is 0.146 e. The molecule has 3 aromatic rings. The number of nitrogen functional groups attached to an aromatic ring is 1. The van der Waals surface area contributed by atoms with Gasteiger partial charge in [-0.3, -0.25) is 4.21 Å². The van der Waals surface area contributed by atoms with E-state index < -0.39 is 10.8 Å². The van der Waals surface area contributed by atoms with Crippen molar-refractivity contribution in [2.75, 3.05) is 50.1 Å². The monoisotopic (exact) mass is 509 g/mol. The van der Waals surface area contributed by atoms with Crippen LogP contribution in [0.2, 0.25) is 0 Å². The van der Waals surface area contributed by atoms with Crippen LogP contribution in [0.25, 0.3) is 22.2 Å². The highest BCUT2D eigenvalue weighted by atomic mass is 32.2. The smallest absolute Gasteiger partial charge is 0.146 e. The van der Waals surface area contributed by atoms with Gasteiger partial charge < -0.3 is 24.7 Å². The number of hydrogen-bond acceptors (Lipinski definition) is 7. The van der Waals surface area contributed by atoms with Crippen molar-refractivity contribution in [3.05, 3.63) is 36.3 Å². The van der Waals surface area contributed by atoms with Gasteiger partial charge in [-0.05, 0) is 55.7 Å². The number of anilines is 1. The summed E-state index contributed by atoms with van der Waals surface area (Å²) in [6.45, 7) is 6.35. The normalized spacial score (nSPS) is 24.9. The van der Waals surface area contributed by atoms with E-state index >= 15 is 0 Å². The van der Waals surface area contributed by atoms with E-state index in [4.69, 9.17) is 15.2 Å². The Hall–Kier alpha value is -2.49. The van der Waals surface area contributed by atoms with E-state index in [0.29, 0.717) is 31.0 Å². The number of nitrogens with zero attached hydrogens (tertiary/aromatic N) is 4. The Morgan fingerprint density at radius 3 is 2.86 bits per heavy atom. The Bertz CT molecular complexity index is 1260. The van der Waals surface area contributed by atoms with E-state index in [1.54, 1.807) is 6.33 Å². The lowest BCUT2D eigenvalue weighted by molar-refractivity contribution is 0.0458. The molecule has 9 heteroatoms. The Labute approximate surface area is 214 Å². The molecule has 1 unspecified atom stereocenters. The summed E-state index contributed by atoms with van der Waals surface area (Å²) in [5.74, 6) is 3.75. The van der Waals surface area contributed by atoms with Crippen LogP contribution in [0.5, 0.6) is 5.75 Å². The van der Waals surface area contributed by atoms with Gasteiger partial charge in [0.15, 0.2) is 0 Å². The number of rotatable bonds is 7. The second-order valence-electron chi connectivity index (χ2n) is 10.3. The van der Waals surface area contributed by atoms with Crippen LogP contribution < -0.4 is 10.5 Å². The van der Waals surface area contributed by atoms with Crippen LogP contribution in [0, 0.1) is 5.92 Å². The third kappa shape index (κ3) is 4.64. The Balaban J connectivity index is 1.24. The zero-order valence-corrected chi connectivity index (χ0v) is 21.7. The first-order chi connectivity index (χ1) is 17.6. The van der Waals surface area contributed by atoms with Gasteiger partial charge in [-0.2, -0.15) is 0 Å². The second-order valence-corrected chi connectivity index (χ2v) is 12.0. The summed E-state index contributed by atoms with van der Waals surface area (Å²) >= 11 is 0. The van der Waals surface area contributed by atoms with Gasteiger partial charge in [0.1, 0.15) is 29.6 Å². The number of fused-ring (bicyclic) bond motifs is 2. The first kappa shape index (κ1) is 23.9. The topological polar surface area (TPSA) is 95.5 Å². The Morgan fingerprint density at radius 2 is 2.06 bits per heavy atom. The average molecular weight is 510 g/mol. The lowest BCUT2D eigenvalue weighted by Crippen LogP contribution is -2.43. The van der Waals surface area contributed by atoms with Crippen molar-refractivity contribution in [1.29, 1.82) is 0 Å². The van der Waals surface area contributed by atoms with Gasteiger partial charge in [-0.15, -0.1) is 0 Å². The molecule has 0 spiro atoms. The molecule has 1 aliphatic carbocycles. The molecule has 2 fully saturated rings. The number of aromatic nitrogens is 3. The van der Waals surface area contributed by atoms with E-state index in [9.17, 15) is 4.21 Å². The van der Waals surface area contributed by atoms with Crippen LogP contribution in [-0.4, -0.2) is 74.1 Å². The molecule has 36 heavy (non-hydrogen) atoms. The Kier molecular flexibility index (Phi) is 6.71. The van der Waals surface area contributed by atoms with Crippen LogP contribution in [0.1, 0.15) is 37.8 Å². The fourth-order valence-electron chi connectivity index (χ4n) is 5.87. The first-order valence-corrected chi connectivity index (χ1v) is 14.6. The molecule has 8 nitrogen and oxygen atoms in total. The number of aryl methyl sites for hydroxylation is 1. The SMILES string of the molecule is CCOCC1CCc2ccc(-c3cn(C4CC(CN5CCS(=O)CC5)C4)c4ncnc(N)c34)cc2O1. The molecular weight excluding hydrogens is 474 g/mol. The zero-order chi connectivity index (χ0) is 24.6. The second kappa shape index (κ2) is 10.1. The highest BCUT2D eigenvalue weighted by Crippen LogP contribution is 2.44. The van der Waals surface area contributed by atoms with E-state index in [2.05, 4.69) is 43.8 Å². The number of benzene rings is 1. The molecule has 3 aliphatic rings. The molecule has 6 rings (SSSR count). The minimum absolute atomic E-state index is 0.0919. The quantitative estimate of drug-likeness (QED) is 0.521. The predicted octanol–water partition coefficient (Wildman–Crippen LogP) is 3.43. The molecule has 2 aromatic heterocycles. The standard InChI is InChI=1S/C27H35N5O3S/c1-2-34-16-22-6-5-19-3-4-20(13-24(19)35-22)23-15-32(27-25(23)26(28)29-17-30-27)21-11-18(12-21)14-31-7-9-36(33)10-8-31/h3-4,13,15,17-18,21-22H,2,5-12,14,16H2,1H3,(H2,28,29,30). The number of hydrogen-bond donors (Lipinski definition) is 1. The predicted molar refractivity (Wildman–Crippen MR) is 143 cm³/mol. The molecule has 0 amide bonds. The van der Waals surface area contributed by atoms with Gasteiger partial charge in [0.05, 0.1) is 12.0 Å². The summed E-state index contributed by atoms with van der Waals surface area (Å²) in [5, 5.41) is 0.918. The summed E-state index contributed by atoms with van der Waals surface area (Å²) in [5.41, 5.74) is 10.7. The molecule has 4 heterocycles. The molecule has 1 atom stereocenters. The van der Waals surface area contributed by atoms with Gasteiger partial charge in [0, 0.05) is 66.3 Å². The minimum Gasteiger partial charge on any atom is -0.488 e. The number of nitrogens with two attached hydrogens (primary N) is 1. The number of ether oxygens (including phenoxy) is 2. The first-order valence-electron chi connectivity index (χ1n) is 13.1. The molecule has 0 radical (unpaired) electrons. The molecule has 1 saturated heterocycles. The molecular formula is C27H35N5O3S. The van der Waals surface area contributed by atoms with Gasteiger partial charge >= 0.3 is 0 Å². The van der Waals surface area contributed by atoms with Crippen molar-refractivity contribution >= 4 is 27.7 Å². The maximum absolute atomic E-state index is 11.7. The summed E-state index contributed by atoms with van der Waals surface area (Å²) < 4.78 is 25.9. The summed E-state index contributed by atoms with van der Waals surface area (Å²) in [6.07, 6.45) is 8.09. The van der Waals surface area contributed by atoms with Crippen LogP contribution >= 0.6 is 0 Å². The van der Waals surface area contributed by atoms with Crippen molar-refractivity contribution < 1.29 is 13.7 Å². The van der Waals surface area contributed by atoms with E-state index in [-0.39, 0.29) is 6.10 Å². The third-order valence-corrected chi connectivity index (χ3v) is 9.22. The van der Waals surface area contributed by atoms with Crippen LogP contribution in [0.3, 0.4) is 0 Å². The van der Waals surface area contributed by atoms with Crippen LogP contribution in [-0.2, 0) is 22.0 Å². The molecule has 1 saturated carbocycles. The van der Waals surface area contributed by atoms with E-state index in [0.717, 1.165) is 84.7 Å². The molecule has 192 valence electrons. The minimum atomic E-state index is -0.622. The van der Waals surface area contributed by atoms with Crippen molar-refractivity contribution in [3.63, 3.8) is 0 Å². The van der Waals surface area contributed by atoms with Gasteiger partial charge in [0.25, 0.3) is 0 Å². The third-order valence-electron chi connectivity index (χ3n) is 7.94. The van der Waals surface area contributed by atoms with Crippen molar-refractivity contribution in [2.24, 2.45) is 5.92 Å². The van der Waals surface area contributed by atoms with Crippen molar-refractivity contribution in [2.45, 2.75) is 44.8 Å². The van der Waals surface area contributed by atoms with Crippen molar-refractivity contribution in [3.8, 4) is 16.9 Å². The summed E-state index contributed by atoms with van der Waals surface area (Å²) in [4.78, 5) is 11.4. The fraction of sp³-hybridized carbons (Fsp3) is 0.556. The highest BCUT2D eigenvalue weighted by Gasteiger charge is 2.34. The molecule has 1 aromatic carbocycles. The zero-order valence-electron chi connectivity index (χ0n) is 20.9. The van der Waals surface area contributed by atoms with E-state index in [1.165, 1.54) is 5.56 Å². The summed E-state index contributed by atoms with van der Waals surface area (Å²) in [7, 11) is -0.622. The Morgan fingerprint density at radius 1 is 1.22 bits per heavy atom. The summed E-state index contributed by atoms with van der Waals surface area (Å²) in [6, 6.07) is 6.89. The van der Waals surface area contributed by atoms with Crippen LogP contribution in [0.4, 0.5) is 5.82 Å². The largest absolute Gasteiger partial charge is 0.488 e. The van der Waals surface area contributed by atoms with Gasteiger partial charge in [-0.25, -0.2) is 9.97 Å². The van der Waals surface area contributed by atoms with Gasteiger partial charge in [0.2, 0.25) is 0 Å². The lowest BCUT2D eigenvalue weighted by Gasteiger charge is -2.40. The fourth-order valence-corrected chi connectivity index (χ4v) is 6.99. The molecule has 2 N–H and O–H groups in total. The molecule has 0 bridgehead atoms. The van der Waals surface area contributed by atoms with E-state index in [1.807, 2.05) is 6.92 Å². The highest BCUT2D eigenvalue weighted by molar-refractivity contribution is 7.85. The van der Waals surface area contributed by atoms with Crippen LogP contribution in [0.15, 0.2) is 30.7 Å². The van der Waals surface area contributed by atoms with Crippen molar-refractivity contribution in [1.82, 2.24) is 19.4 Å².